The Morgan fingerprint density at radius 3 is 2.48 bits per heavy atom. The van der Waals surface area contributed by atoms with E-state index in [0.29, 0.717) is 5.91 Å². The summed E-state index contributed by atoms with van der Waals surface area (Å²) in [4.78, 5) is 21.6. The summed E-state index contributed by atoms with van der Waals surface area (Å²) in [6.45, 7) is 8.37. The second kappa shape index (κ2) is 7.01. The molecule has 1 amide bonds. The first kappa shape index (κ1) is 16.5. The molecule has 0 aromatic carbocycles. The predicted molar refractivity (Wildman–Crippen MR) is 87.8 cm³/mol. The highest BCUT2D eigenvalue weighted by Crippen LogP contribution is 2.23. The molecular formula is C17H28N4O2. The molecule has 0 bridgehead atoms. The highest BCUT2D eigenvalue weighted by Gasteiger charge is 2.32. The van der Waals surface area contributed by atoms with E-state index in [-0.39, 0.29) is 18.1 Å². The van der Waals surface area contributed by atoms with Gasteiger partial charge in [0, 0.05) is 38.4 Å². The zero-order chi connectivity index (χ0) is 16.4. The van der Waals surface area contributed by atoms with E-state index in [1.54, 1.807) is 0 Å². The standard InChI is InChI=1S/C17H28N4O2/c1-13-10-21(11-14(2)23-13)17(22)15-4-7-20(8-5-15)12-16-18-6-9-19(16)3/h6,9,13-15H,4-5,7-8,10-12H2,1-3H3. The first-order valence-electron chi connectivity index (χ1n) is 8.65. The maximum absolute atomic E-state index is 12.8. The second-order valence-corrected chi connectivity index (χ2v) is 7.01. The lowest BCUT2D eigenvalue weighted by atomic mass is 9.94. The molecule has 3 rings (SSSR count). The average molecular weight is 320 g/mol. The van der Waals surface area contributed by atoms with Crippen molar-refractivity contribution in [3.63, 3.8) is 0 Å². The molecule has 2 saturated heterocycles. The van der Waals surface area contributed by atoms with Gasteiger partial charge in [-0.1, -0.05) is 0 Å². The summed E-state index contributed by atoms with van der Waals surface area (Å²) in [5, 5.41) is 0. The van der Waals surface area contributed by atoms with Gasteiger partial charge in [-0.25, -0.2) is 4.98 Å². The third-order valence-electron chi connectivity index (χ3n) is 4.95. The number of amides is 1. The van der Waals surface area contributed by atoms with Crippen molar-refractivity contribution in [2.24, 2.45) is 13.0 Å². The lowest BCUT2D eigenvalue weighted by Crippen LogP contribution is -2.51. The van der Waals surface area contributed by atoms with Crippen LogP contribution in [0.15, 0.2) is 12.4 Å². The van der Waals surface area contributed by atoms with Gasteiger partial charge in [0.05, 0.1) is 18.8 Å². The van der Waals surface area contributed by atoms with Gasteiger partial charge in [-0.2, -0.15) is 0 Å². The van der Waals surface area contributed by atoms with Gasteiger partial charge >= 0.3 is 0 Å². The number of nitrogens with zero attached hydrogens (tertiary/aromatic N) is 4. The van der Waals surface area contributed by atoms with Gasteiger partial charge in [-0.15, -0.1) is 0 Å². The Hall–Kier alpha value is -1.40. The molecule has 2 aliphatic rings. The van der Waals surface area contributed by atoms with Crippen molar-refractivity contribution in [1.82, 2.24) is 19.4 Å². The highest BCUT2D eigenvalue weighted by molar-refractivity contribution is 5.79. The van der Waals surface area contributed by atoms with Crippen LogP contribution in [0.3, 0.4) is 0 Å². The lowest BCUT2D eigenvalue weighted by Gasteiger charge is -2.39. The minimum absolute atomic E-state index is 0.145. The lowest BCUT2D eigenvalue weighted by molar-refractivity contribution is -0.148. The SMILES string of the molecule is CC1CN(C(=O)C2CCN(Cc3nccn3C)CC2)CC(C)O1. The van der Waals surface area contributed by atoms with Crippen molar-refractivity contribution in [3.8, 4) is 0 Å². The minimum Gasteiger partial charge on any atom is -0.372 e. The van der Waals surface area contributed by atoms with Crippen LogP contribution in [-0.2, 0) is 23.1 Å². The minimum atomic E-state index is 0.145. The molecule has 0 radical (unpaired) electrons. The number of imidazole rings is 1. The van der Waals surface area contributed by atoms with Crippen LogP contribution >= 0.6 is 0 Å². The van der Waals surface area contributed by atoms with E-state index in [1.165, 1.54) is 0 Å². The Balaban J connectivity index is 1.50. The topological polar surface area (TPSA) is 50.6 Å². The smallest absolute Gasteiger partial charge is 0.225 e. The van der Waals surface area contributed by atoms with Crippen LogP contribution in [0.4, 0.5) is 0 Å². The number of piperidine rings is 1. The fraction of sp³-hybridized carbons (Fsp3) is 0.765. The fourth-order valence-electron chi connectivity index (χ4n) is 3.70. The Kier molecular flexibility index (Phi) is 5.02. The zero-order valence-corrected chi connectivity index (χ0v) is 14.4. The molecule has 0 N–H and O–H groups in total. The maximum atomic E-state index is 12.8. The molecule has 0 saturated carbocycles. The van der Waals surface area contributed by atoms with Gasteiger partial charge in [0.15, 0.2) is 0 Å². The number of aromatic nitrogens is 2. The predicted octanol–water partition coefficient (Wildman–Crippen LogP) is 1.27. The van der Waals surface area contributed by atoms with Crippen molar-refractivity contribution in [3.05, 3.63) is 18.2 Å². The van der Waals surface area contributed by atoms with Crippen molar-refractivity contribution >= 4 is 5.91 Å². The molecule has 2 unspecified atom stereocenters. The largest absolute Gasteiger partial charge is 0.372 e. The van der Waals surface area contributed by atoms with Crippen molar-refractivity contribution < 1.29 is 9.53 Å². The molecule has 3 heterocycles. The van der Waals surface area contributed by atoms with Gasteiger partial charge in [0.25, 0.3) is 0 Å². The van der Waals surface area contributed by atoms with Crippen LogP contribution < -0.4 is 0 Å². The number of ether oxygens (including phenoxy) is 1. The van der Waals surface area contributed by atoms with Crippen molar-refractivity contribution in [1.29, 1.82) is 0 Å². The molecule has 2 aliphatic heterocycles. The zero-order valence-electron chi connectivity index (χ0n) is 14.4. The van der Waals surface area contributed by atoms with Gasteiger partial charge in [0.2, 0.25) is 5.91 Å². The van der Waals surface area contributed by atoms with Gasteiger partial charge < -0.3 is 14.2 Å². The molecule has 6 nitrogen and oxygen atoms in total. The number of carbonyl (C=O) groups is 1. The molecule has 0 aliphatic carbocycles. The number of hydrogen-bond donors (Lipinski definition) is 0. The molecule has 1 aromatic heterocycles. The molecule has 6 heteroatoms. The van der Waals surface area contributed by atoms with E-state index in [2.05, 4.69) is 14.5 Å². The average Bonchev–Trinajstić information content (AvgIpc) is 2.91. The second-order valence-electron chi connectivity index (χ2n) is 7.01. The monoisotopic (exact) mass is 320 g/mol. The molecule has 23 heavy (non-hydrogen) atoms. The first-order chi connectivity index (χ1) is 11.0. The Morgan fingerprint density at radius 1 is 1.26 bits per heavy atom. The summed E-state index contributed by atoms with van der Waals surface area (Å²) in [5.74, 6) is 1.58. The van der Waals surface area contributed by atoms with E-state index in [0.717, 1.165) is 51.4 Å². The number of likely N-dealkylation sites (tertiary alicyclic amines) is 1. The Bertz CT molecular complexity index is 526. The number of rotatable bonds is 3. The third kappa shape index (κ3) is 3.93. The van der Waals surface area contributed by atoms with Crippen LogP contribution in [0.2, 0.25) is 0 Å². The van der Waals surface area contributed by atoms with Crippen LogP contribution in [-0.4, -0.2) is 63.6 Å². The maximum Gasteiger partial charge on any atom is 0.225 e. The Labute approximate surface area is 138 Å². The van der Waals surface area contributed by atoms with Gasteiger partial charge in [-0.3, -0.25) is 9.69 Å². The molecule has 128 valence electrons. The number of morpholine rings is 1. The molecule has 2 atom stereocenters. The van der Waals surface area contributed by atoms with Crippen LogP contribution in [0.1, 0.15) is 32.5 Å². The van der Waals surface area contributed by atoms with E-state index < -0.39 is 0 Å². The number of carbonyl (C=O) groups excluding carboxylic acids is 1. The van der Waals surface area contributed by atoms with Crippen molar-refractivity contribution in [2.75, 3.05) is 26.2 Å². The van der Waals surface area contributed by atoms with E-state index in [1.807, 2.05) is 38.2 Å². The fourth-order valence-corrected chi connectivity index (χ4v) is 3.70. The summed E-state index contributed by atoms with van der Waals surface area (Å²) in [5.41, 5.74) is 0. The summed E-state index contributed by atoms with van der Waals surface area (Å²) in [6.07, 6.45) is 6.00. The first-order valence-corrected chi connectivity index (χ1v) is 8.65. The number of aryl methyl sites for hydroxylation is 1. The van der Waals surface area contributed by atoms with Gasteiger partial charge in [-0.05, 0) is 39.8 Å². The summed E-state index contributed by atoms with van der Waals surface area (Å²) < 4.78 is 7.79. The Morgan fingerprint density at radius 2 is 1.91 bits per heavy atom. The van der Waals surface area contributed by atoms with E-state index in [4.69, 9.17) is 4.74 Å². The van der Waals surface area contributed by atoms with Gasteiger partial charge in [0.1, 0.15) is 5.82 Å². The van der Waals surface area contributed by atoms with E-state index >= 15 is 0 Å². The van der Waals surface area contributed by atoms with Crippen molar-refractivity contribution in [2.45, 2.75) is 45.4 Å². The molecule has 0 spiro atoms. The number of hydrogen-bond acceptors (Lipinski definition) is 4. The van der Waals surface area contributed by atoms with Crippen LogP contribution in [0, 0.1) is 5.92 Å². The third-order valence-corrected chi connectivity index (χ3v) is 4.95. The quantitative estimate of drug-likeness (QED) is 0.841. The summed E-state index contributed by atoms with van der Waals surface area (Å²) >= 11 is 0. The van der Waals surface area contributed by atoms with Crippen LogP contribution in [0.5, 0.6) is 0 Å². The highest BCUT2D eigenvalue weighted by atomic mass is 16.5. The summed E-state index contributed by atoms with van der Waals surface area (Å²) in [6, 6.07) is 0. The molecule has 2 fully saturated rings. The molecular weight excluding hydrogens is 292 g/mol. The van der Waals surface area contributed by atoms with E-state index in [9.17, 15) is 4.79 Å². The van der Waals surface area contributed by atoms with Crippen LogP contribution in [0.25, 0.3) is 0 Å². The summed E-state index contributed by atoms with van der Waals surface area (Å²) in [7, 11) is 2.03. The normalized spacial score (nSPS) is 27.3. The molecule has 1 aromatic rings.